The van der Waals surface area contributed by atoms with Crippen molar-refractivity contribution in [2.75, 3.05) is 12.9 Å². The van der Waals surface area contributed by atoms with E-state index in [0.29, 0.717) is 5.92 Å². The molecule has 4 nitrogen and oxygen atoms in total. The molecule has 0 saturated carbocycles. The standard InChI is InChI=1S/C19H21N3OS/c1-14(2)13-24-19-21-20-18(16-11-7-8-12-17(16)23-3)22(19)15-9-5-4-6-10-15/h4-12,14H,13H2,1-3H3. The van der Waals surface area contributed by atoms with Crippen molar-refractivity contribution in [1.29, 1.82) is 0 Å². The first-order valence-corrected chi connectivity index (χ1v) is 8.96. The first-order chi connectivity index (χ1) is 11.7. The Labute approximate surface area is 146 Å². The lowest BCUT2D eigenvalue weighted by Gasteiger charge is -2.12. The highest BCUT2D eigenvalue weighted by Gasteiger charge is 2.18. The summed E-state index contributed by atoms with van der Waals surface area (Å²) in [6.07, 6.45) is 0. The Balaban J connectivity index is 2.13. The summed E-state index contributed by atoms with van der Waals surface area (Å²) in [5, 5.41) is 9.80. The Morgan fingerprint density at radius 3 is 2.42 bits per heavy atom. The number of benzene rings is 2. The van der Waals surface area contributed by atoms with Crippen molar-refractivity contribution in [2.45, 2.75) is 19.0 Å². The van der Waals surface area contributed by atoms with Crippen LogP contribution in [0.5, 0.6) is 5.75 Å². The van der Waals surface area contributed by atoms with E-state index >= 15 is 0 Å². The van der Waals surface area contributed by atoms with E-state index in [4.69, 9.17) is 4.74 Å². The Morgan fingerprint density at radius 2 is 1.71 bits per heavy atom. The fourth-order valence-corrected chi connectivity index (χ4v) is 3.32. The van der Waals surface area contributed by atoms with Gasteiger partial charge in [0.05, 0.1) is 12.7 Å². The van der Waals surface area contributed by atoms with Gasteiger partial charge in [-0.3, -0.25) is 4.57 Å². The highest BCUT2D eigenvalue weighted by Crippen LogP contribution is 2.33. The van der Waals surface area contributed by atoms with Crippen LogP contribution in [0, 0.1) is 5.92 Å². The lowest BCUT2D eigenvalue weighted by Crippen LogP contribution is -2.02. The van der Waals surface area contributed by atoms with Crippen molar-refractivity contribution in [2.24, 2.45) is 5.92 Å². The molecule has 0 fully saturated rings. The number of rotatable bonds is 6. The second-order valence-electron chi connectivity index (χ2n) is 5.88. The van der Waals surface area contributed by atoms with Crippen LogP contribution in [0.3, 0.4) is 0 Å². The molecular formula is C19H21N3OS. The van der Waals surface area contributed by atoms with Gasteiger partial charge >= 0.3 is 0 Å². The minimum absolute atomic E-state index is 0.589. The zero-order chi connectivity index (χ0) is 16.9. The van der Waals surface area contributed by atoms with Crippen molar-refractivity contribution in [3.63, 3.8) is 0 Å². The predicted molar refractivity (Wildman–Crippen MR) is 98.9 cm³/mol. The van der Waals surface area contributed by atoms with Crippen LogP contribution in [-0.4, -0.2) is 27.6 Å². The quantitative estimate of drug-likeness (QED) is 0.611. The van der Waals surface area contributed by atoms with Gasteiger partial charge in [0.1, 0.15) is 5.75 Å². The predicted octanol–water partition coefficient (Wildman–Crippen LogP) is 4.69. The fourth-order valence-electron chi connectivity index (χ4n) is 2.42. The summed E-state index contributed by atoms with van der Waals surface area (Å²) in [7, 11) is 1.68. The molecule has 0 atom stereocenters. The molecule has 0 bridgehead atoms. The minimum atomic E-state index is 0.589. The molecule has 3 aromatic rings. The van der Waals surface area contributed by atoms with Crippen molar-refractivity contribution in [3.05, 3.63) is 54.6 Å². The van der Waals surface area contributed by atoms with Gasteiger partial charge in [-0.1, -0.05) is 55.9 Å². The molecule has 0 aliphatic rings. The summed E-state index contributed by atoms with van der Waals surface area (Å²) in [5.41, 5.74) is 1.99. The van der Waals surface area contributed by atoms with Crippen molar-refractivity contribution in [3.8, 4) is 22.8 Å². The molecule has 0 aliphatic carbocycles. The van der Waals surface area contributed by atoms with E-state index in [-0.39, 0.29) is 0 Å². The number of ether oxygens (including phenoxy) is 1. The van der Waals surface area contributed by atoms with Gasteiger partial charge < -0.3 is 4.74 Å². The zero-order valence-electron chi connectivity index (χ0n) is 14.1. The molecule has 2 aromatic carbocycles. The SMILES string of the molecule is COc1ccccc1-c1nnc(SCC(C)C)n1-c1ccccc1. The molecule has 0 radical (unpaired) electrons. The number of hydrogen-bond donors (Lipinski definition) is 0. The van der Waals surface area contributed by atoms with E-state index in [1.807, 2.05) is 42.5 Å². The van der Waals surface area contributed by atoms with Crippen LogP contribution in [0.1, 0.15) is 13.8 Å². The minimum Gasteiger partial charge on any atom is -0.496 e. The summed E-state index contributed by atoms with van der Waals surface area (Å²) >= 11 is 1.73. The van der Waals surface area contributed by atoms with Gasteiger partial charge in [0.2, 0.25) is 0 Å². The summed E-state index contributed by atoms with van der Waals surface area (Å²) in [5.74, 6) is 3.18. The molecule has 0 spiro atoms. The molecule has 0 N–H and O–H groups in total. The third kappa shape index (κ3) is 3.46. The number of hydrogen-bond acceptors (Lipinski definition) is 4. The maximum Gasteiger partial charge on any atom is 0.196 e. The molecule has 1 aromatic heterocycles. The van der Waals surface area contributed by atoms with Crippen molar-refractivity contribution < 1.29 is 4.74 Å². The Kier molecular flexibility index (Phi) is 5.20. The topological polar surface area (TPSA) is 39.9 Å². The summed E-state index contributed by atoms with van der Waals surface area (Å²) in [4.78, 5) is 0. The summed E-state index contributed by atoms with van der Waals surface area (Å²) in [6, 6.07) is 18.1. The van der Waals surface area contributed by atoms with Gasteiger partial charge in [-0.25, -0.2) is 0 Å². The van der Waals surface area contributed by atoms with E-state index in [1.54, 1.807) is 18.9 Å². The number of methoxy groups -OCH3 is 1. The first kappa shape index (κ1) is 16.6. The Hall–Kier alpha value is -2.27. The highest BCUT2D eigenvalue weighted by atomic mass is 32.2. The molecule has 0 unspecified atom stereocenters. The van der Waals surface area contributed by atoms with Gasteiger partial charge in [0, 0.05) is 11.4 Å². The van der Waals surface area contributed by atoms with Gasteiger partial charge in [-0.05, 0) is 30.2 Å². The average molecular weight is 339 g/mol. The molecule has 0 aliphatic heterocycles. The van der Waals surface area contributed by atoms with Crippen LogP contribution in [0.15, 0.2) is 59.8 Å². The molecule has 124 valence electrons. The van der Waals surface area contributed by atoms with Gasteiger partial charge in [0.25, 0.3) is 0 Å². The Bertz CT molecular complexity index is 799. The van der Waals surface area contributed by atoms with E-state index in [0.717, 1.165) is 33.7 Å². The van der Waals surface area contributed by atoms with Gasteiger partial charge in [0.15, 0.2) is 11.0 Å². The van der Waals surface area contributed by atoms with Crippen LogP contribution >= 0.6 is 11.8 Å². The fraction of sp³-hybridized carbons (Fsp3) is 0.263. The normalized spacial score (nSPS) is 11.0. The van der Waals surface area contributed by atoms with Gasteiger partial charge in [-0.15, -0.1) is 10.2 Å². The van der Waals surface area contributed by atoms with Crippen LogP contribution in [0.4, 0.5) is 0 Å². The molecular weight excluding hydrogens is 318 g/mol. The lowest BCUT2D eigenvalue weighted by molar-refractivity contribution is 0.416. The lowest BCUT2D eigenvalue weighted by atomic mass is 10.2. The van der Waals surface area contributed by atoms with E-state index in [1.165, 1.54) is 0 Å². The van der Waals surface area contributed by atoms with E-state index in [9.17, 15) is 0 Å². The van der Waals surface area contributed by atoms with Crippen molar-refractivity contribution in [1.82, 2.24) is 14.8 Å². The molecule has 5 heteroatoms. The molecule has 24 heavy (non-hydrogen) atoms. The Morgan fingerprint density at radius 1 is 1.00 bits per heavy atom. The maximum absolute atomic E-state index is 5.51. The third-order valence-electron chi connectivity index (χ3n) is 3.54. The van der Waals surface area contributed by atoms with Crippen LogP contribution in [-0.2, 0) is 0 Å². The van der Waals surface area contributed by atoms with Crippen LogP contribution < -0.4 is 4.74 Å². The van der Waals surface area contributed by atoms with E-state index < -0.39 is 0 Å². The highest BCUT2D eigenvalue weighted by molar-refractivity contribution is 7.99. The molecule has 0 saturated heterocycles. The zero-order valence-corrected chi connectivity index (χ0v) is 15.0. The second-order valence-corrected chi connectivity index (χ2v) is 6.87. The van der Waals surface area contributed by atoms with Crippen LogP contribution in [0.25, 0.3) is 17.1 Å². The van der Waals surface area contributed by atoms with Gasteiger partial charge in [-0.2, -0.15) is 0 Å². The smallest absolute Gasteiger partial charge is 0.196 e. The van der Waals surface area contributed by atoms with Crippen molar-refractivity contribution >= 4 is 11.8 Å². The third-order valence-corrected chi connectivity index (χ3v) is 4.90. The summed E-state index contributed by atoms with van der Waals surface area (Å²) < 4.78 is 7.61. The monoisotopic (exact) mass is 339 g/mol. The molecule has 0 amide bonds. The summed E-state index contributed by atoms with van der Waals surface area (Å²) in [6.45, 7) is 4.41. The molecule has 3 rings (SSSR count). The number of nitrogens with zero attached hydrogens (tertiary/aromatic N) is 3. The second kappa shape index (κ2) is 7.53. The van der Waals surface area contributed by atoms with E-state index in [2.05, 4.69) is 40.7 Å². The maximum atomic E-state index is 5.51. The van der Waals surface area contributed by atoms with Crippen LogP contribution in [0.2, 0.25) is 0 Å². The number of para-hydroxylation sites is 2. The largest absolute Gasteiger partial charge is 0.496 e. The molecule has 1 heterocycles. The average Bonchev–Trinajstić information content (AvgIpc) is 3.04. The first-order valence-electron chi connectivity index (χ1n) is 7.97. The number of thioether (sulfide) groups is 1. The number of aromatic nitrogens is 3.